The highest BCUT2D eigenvalue weighted by molar-refractivity contribution is 5.83. The molecule has 2 aliphatic rings. The van der Waals surface area contributed by atoms with Crippen molar-refractivity contribution >= 4 is 12.0 Å². The molecule has 0 radical (unpaired) electrons. The maximum atomic E-state index is 13.5. The number of alkyl halides is 3. The molecule has 1 saturated carbocycles. The molecule has 0 spiro atoms. The zero-order chi connectivity index (χ0) is 21.4. The van der Waals surface area contributed by atoms with Crippen LogP contribution in [-0.4, -0.2) is 53.3 Å². The largest absolute Gasteiger partial charge is 0.471 e. The molecule has 0 bridgehead atoms. The van der Waals surface area contributed by atoms with Gasteiger partial charge in [-0.1, -0.05) is 51.1 Å². The molecule has 0 unspecified atom stereocenters. The summed E-state index contributed by atoms with van der Waals surface area (Å²) in [5.41, 5.74) is -0.0175. The number of carbonyl (C=O) groups is 2. The molecule has 3 rings (SSSR count). The van der Waals surface area contributed by atoms with E-state index in [2.05, 4.69) is 0 Å². The van der Waals surface area contributed by atoms with Crippen molar-refractivity contribution in [2.45, 2.75) is 64.4 Å². The molecule has 1 aliphatic carbocycles. The molecule has 1 saturated heterocycles. The Bertz CT molecular complexity index is 740. The quantitative estimate of drug-likeness (QED) is 0.683. The van der Waals surface area contributed by atoms with Crippen molar-refractivity contribution in [1.82, 2.24) is 9.80 Å². The molecule has 1 aliphatic heterocycles. The summed E-state index contributed by atoms with van der Waals surface area (Å²) in [5.74, 6) is -2.17. The number of likely N-dealkylation sites (tertiary alicyclic amines) is 1. The Balaban J connectivity index is 1.89. The molecule has 0 aromatic heterocycles. The van der Waals surface area contributed by atoms with Gasteiger partial charge < -0.3 is 9.64 Å². The van der Waals surface area contributed by atoms with Crippen molar-refractivity contribution in [3.8, 4) is 0 Å². The summed E-state index contributed by atoms with van der Waals surface area (Å²) in [7, 11) is 0. The molecule has 1 heterocycles. The van der Waals surface area contributed by atoms with E-state index in [1.54, 1.807) is 20.8 Å². The summed E-state index contributed by atoms with van der Waals surface area (Å²) in [6, 6.07) is 8.47. The zero-order valence-electron chi connectivity index (χ0n) is 16.9. The van der Waals surface area contributed by atoms with Crippen molar-refractivity contribution in [3.05, 3.63) is 35.9 Å². The molecule has 29 heavy (non-hydrogen) atoms. The fraction of sp³-hybridized carbons (Fsp3) is 0.619. The van der Waals surface area contributed by atoms with Crippen LogP contribution < -0.4 is 0 Å². The summed E-state index contributed by atoms with van der Waals surface area (Å²) in [6.45, 7) is 6.04. The number of carbonyl (C=O) groups excluding carboxylic acids is 2. The lowest BCUT2D eigenvalue weighted by Crippen LogP contribution is -2.56. The number of nitrogens with zero attached hydrogens (tertiary/aromatic N) is 2. The van der Waals surface area contributed by atoms with Crippen molar-refractivity contribution in [2.75, 3.05) is 13.1 Å². The van der Waals surface area contributed by atoms with E-state index in [4.69, 9.17) is 4.74 Å². The number of hydrogen-bond acceptors (Lipinski definition) is 3. The summed E-state index contributed by atoms with van der Waals surface area (Å²) in [6.07, 6.45) is -4.96. The van der Waals surface area contributed by atoms with E-state index in [0.29, 0.717) is 19.5 Å². The third-order valence-corrected chi connectivity index (χ3v) is 5.39. The molecule has 2 fully saturated rings. The number of hydrogen-bond donors (Lipinski definition) is 0. The summed E-state index contributed by atoms with van der Waals surface area (Å²) in [4.78, 5) is 27.2. The Labute approximate surface area is 168 Å². The predicted octanol–water partition coefficient (Wildman–Crippen LogP) is 4.54. The zero-order valence-corrected chi connectivity index (χ0v) is 16.9. The topological polar surface area (TPSA) is 49.9 Å². The van der Waals surface area contributed by atoms with Gasteiger partial charge in [-0.15, -0.1) is 0 Å². The van der Waals surface area contributed by atoms with E-state index in [9.17, 15) is 22.8 Å². The van der Waals surface area contributed by atoms with Gasteiger partial charge in [-0.05, 0) is 24.8 Å². The summed E-state index contributed by atoms with van der Waals surface area (Å²) in [5, 5.41) is 0. The van der Waals surface area contributed by atoms with Gasteiger partial charge in [0, 0.05) is 30.5 Å². The standard InChI is InChI=1S/C21H27F3N2O3/c1-20(2,3)18(29-19(28)25-11-7-8-12-25)26(17(27)21(22,23)24)16-13-15(16)14-9-5-4-6-10-14/h4-6,9-10,15-16,18H,7-8,11-13H2,1-3H3/t15-,16+,18+/m0/s1. The van der Waals surface area contributed by atoms with Crippen LogP contribution in [0, 0.1) is 5.41 Å². The third kappa shape index (κ3) is 4.85. The van der Waals surface area contributed by atoms with Crippen molar-refractivity contribution in [2.24, 2.45) is 5.41 Å². The number of amides is 2. The van der Waals surface area contributed by atoms with E-state index in [0.717, 1.165) is 23.3 Å². The van der Waals surface area contributed by atoms with Crippen LogP contribution in [0.3, 0.4) is 0 Å². The fourth-order valence-electron chi connectivity index (χ4n) is 3.85. The normalized spacial score (nSPS) is 22.9. The molecule has 2 amide bonds. The van der Waals surface area contributed by atoms with E-state index in [-0.39, 0.29) is 5.92 Å². The Morgan fingerprint density at radius 3 is 2.21 bits per heavy atom. The first kappa shape index (κ1) is 21.5. The third-order valence-electron chi connectivity index (χ3n) is 5.39. The number of rotatable bonds is 4. The smallest absolute Gasteiger partial charge is 0.425 e. The van der Waals surface area contributed by atoms with Gasteiger partial charge in [-0.25, -0.2) is 4.79 Å². The molecule has 1 aromatic carbocycles. The summed E-state index contributed by atoms with van der Waals surface area (Å²) >= 11 is 0. The number of benzene rings is 1. The van der Waals surface area contributed by atoms with Gasteiger partial charge >= 0.3 is 18.2 Å². The molecular weight excluding hydrogens is 385 g/mol. The Morgan fingerprint density at radius 2 is 1.69 bits per heavy atom. The Kier molecular flexibility index (Phi) is 5.83. The van der Waals surface area contributed by atoms with Crippen LogP contribution in [0.1, 0.15) is 51.5 Å². The van der Waals surface area contributed by atoms with Gasteiger partial charge in [0.1, 0.15) is 0 Å². The minimum absolute atomic E-state index is 0.210. The highest BCUT2D eigenvalue weighted by Gasteiger charge is 2.57. The molecule has 1 aromatic rings. The van der Waals surface area contributed by atoms with Crippen LogP contribution >= 0.6 is 0 Å². The van der Waals surface area contributed by atoms with E-state index >= 15 is 0 Å². The van der Waals surface area contributed by atoms with Crippen LogP contribution in [-0.2, 0) is 9.53 Å². The Morgan fingerprint density at radius 1 is 1.10 bits per heavy atom. The molecular formula is C21H27F3N2O3. The van der Waals surface area contributed by atoms with Gasteiger partial charge in [0.15, 0.2) is 6.23 Å². The predicted molar refractivity (Wildman–Crippen MR) is 101 cm³/mol. The lowest BCUT2D eigenvalue weighted by molar-refractivity contribution is -0.202. The van der Waals surface area contributed by atoms with Gasteiger partial charge in [-0.3, -0.25) is 9.69 Å². The van der Waals surface area contributed by atoms with E-state index < -0.39 is 35.9 Å². The van der Waals surface area contributed by atoms with E-state index in [1.807, 2.05) is 30.3 Å². The van der Waals surface area contributed by atoms with E-state index in [1.165, 1.54) is 4.90 Å². The molecule has 8 heteroatoms. The number of halogens is 3. The number of ether oxygens (including phenoxy) is 1. The highest BCUT2D eigenvalue weighted by Crippen LogP contribution is 2.48. The van der Waals surface area contributed by atoms with Crippen molar-refractivity contribution in [1.29, 1.82) is 0 Å². The second-order valence-electron chi connectivity index (χ2n) is 8.83. The molecule has 0 N–H and O–H groups in total. The van der Waals surface area contributed by atoms with Crippen molar-refractivity contribution in [3.63, 3.8) is 0 Å². The highest BCUT2D eigenvalue weighted by atomic mass is 19.4. The fourth-order valence-corrected chi connectivity index (χ4v) is 3.85. The van der Waals surface area contributed by atoms with Gasteiger partial charge in [0.25, 0.3) is 0 Å². The molecule has 5 nitrogen and oxygen atoms in total. The first-order valence-corrected chi connectivity index (χ1v) is 9.90. The van der Waals surface area contributed by atoms with Gasteiger partial charge in [-0.2, -0.15) is 13.2 Å². The minimum Gasteiger partial charge on any atom is -0.425 e. The van der Waals surface area contributed by atoms with Gasteiger partial charge in [0.2, 0.25) is 0 Å². The second kappa shape index (κ2) is 7.88. The van der Waals surface area contributed by atoms with Crippen LogP contribution in [0.15, 0.2) is 30.3 Å². The average molecular weight is 412 g/mol. The second-order valence-corrected chi connectivity index (χ2v) is 8.83. The van der Waals surface area contributed by atoms with Crippen LogP contribution in [0.5, 0.6) is 0 Å². The molecule has 160 valence electrons. The lowest BCUT2D eigenvalue weighted by Gasteiger charge is -2.40. The van der Waals surface area contributed by atoms with Crippen LogP contribution in [0.25, 0.3) is 0 Å². The Hall–Kier alpha value is -2.25. The van der Waals surface area contributed by atoms with Gasteiger partial charge in [0.05, 0.1) is 0 Å². The summed E-state index contributed by atoms with van der Waals surface area (Å²) < 4.78 is 45.9. The minimum atomic E-state index is -5.05. The maximum absolute atomic E-state index is 13.5. The van der Waals surface area contributed by atoms with Crippen molar-refractivity contribution < 1.29 is 27.5 Å². The monoisotopic (exact) mass is 412 g/mol. The maximum Gasteiger partial charge on any atom is 0.471 e. The first-order valence-electron chi connectivity index (χ1n) is 9.90. The molecule has 3 atom stereocenters. The average Bonchev–Trinajstić information content (AvgIpc) is 3.22. The van der Waals surface area contributed by atoms with Crippen LogP contribution in [0.4, 0.5) is 18.0 Å². The SMILES string of the molecule is CC(C)(C)[C@@H](OC(=O)N1CCCC1)N(C(=O)C(F)(F)F)[C@@H]1C[C@H]1c1ccccc1. The lowest BCUT2D eigenvalue weighted by atomic mass is 9.92. The van der Waals surface area contributed by atoms with Crippen LogP contribution in [0.2, 0.25) is 0 Å². The first-order chi connectivity index (χ1) is 13.5.